The van der Waals surface area contributed by atoms with E-state index in [2.05, 4.69) is 9.72 Å². The average molecular weight is 339 g/mol. The van der Waals surface area contributed by atoms with E-state index in [1.54, 1.807) is 0 Å². The third-order valence-corrected chi connectivity index (χ3v) is 3.67. The van der Waals surface area contributed by atoms with E-state index in [9.17, 15) is 19.5 Å². The number of hydrogen-bond donors (Lipinski definition) is 3. The Hall–Kier alpha value is -1.82. The highest BCUT2D eigenvalue weighted by atomic mass is 32.1. The third-order valence-electron chi connectivity index (χ3n) is 3.34. The van der Waals surface area contributed by atoms with Gasteiger partial charge in [-0.3, -0.25) is 19.1 Å². The Kier molecular flexibility index (Phi) is 5.14. The van der Waals surface area contributed by atoms with Gasteiger partial charge in [-0.2, -0.15) is 0 Å². The Morgan fingerprint density at radius 1 is 1.70 bits per heavy atom. The molecule has 1 aliphatic rings. The highest BCUT2D eigenvalue weighted by Gasteiger charge is 2.42. The number of nitrogens with zero attached hydrogens (tertiary/aromatic N) is 1. The van der Waals surface area contributed by atoms with Gasteiger partial charge in [-0.1, -0.05) is 12.2 Å². The van der Waals surface area contributed by atoms with Crippen LogP contribution >= 0.6 is 12.2 Å². The molecule has 1 saturated heterocycles. The predicted molar refractivity (Wildman–Crippen MR) is 80.3 cm³/mol. The van der Waals surface area contributed by atoms with Gasteiger partial charge in [0, 0.05) is 6.20 Å². The first kappa shape index (κ1) is 17.5. The van der Waals surface area contributed by atoms with Crippen LogP contribution in [0.3, 0.4) is 0 Å². The lowest BCUT2D eigenvalue weighted by Crippen LogP contribution is -2.48. The van der Waals surface area contributed by atoms with Gasteiger partial charge in [0.15, 0.2) is 19.8 Å². The second-order valence-corrected chi connectivity index (χ2v) is 5.36. The quantitative estimate of drug-likeness (QED) is 0.198. The van der Waals surface area contributed by atoms with Crippen molar-refractivity contribution < 1.29 is 24.2 Å². The SMILES string of the molecule is [B]C(O)(OC(=O)CN)C1CCC(n2cc(C=O)c(=S)[nH]c2=O)O1. The maximum Gasteiger partial charge on any atom is 0.328 e. The summed E-state index contributed by atoms with van der Waals surface area (Å²) < 4.78 is 11.2. The van der Waals surface area contributed by atoms with E-state index in [4.69, 9.17) is 30.5 Å². The summed E-state index contributed by atoms with van der Waals surface area (Å²) in [5.74, 6) is -0.897. The molecule has 2 rings (SSSR count). The predicted octanol–water partition coefficient (Wildman–Crippen LogP) is -1.29. The minimum Gasteiger partial charge on any atom is -0.440 e. The second-order valence-electron chi connectivity index (χ2n) is 4.96. The number of aromatic nitrogens is 2. The lowest BCUT2D eigenvalue weighted by atomic mass is 9.87. The summed E-state index contributed by atoms with van der Waals surface area (Å²) in [6.45, 7) is -0.451. The zero-order valence-corrected chi connectivity index (χ0v) is 12.7. The number of H-pyrrole nitrogens is 1. The van der Waals surface area contributed by atoms with Gasteiger partial charge in [-0.15, -0.1) is 0 Å². The molecule has 0 bridgehead atoms. The van der Waals surface area contributed by atoms with Crippen molar-refractivity contribution in [3.05, 3.63) is 26.9 Å². The number of esters is 1. The molecule has 0 spiro atoms. The highest BCUT2D eigenvalue weighted by molar-refractivity contribution is 7.71. The molecule has 9 nitrogen and oxygen atoms in total. The summed E-state index contributed by atoms with van der Waals surface area (Å²) in [4.78, 5) is 36.3. The average Bonchev–Trinajstić information content (AvgIpc) is 2.97. The number of hydrogen-bond acceptors (Lipinski definition) is 8. The molecule has 23 heavy (non-hydrogen) atoms. The molecule has 1 fully saturated rings. The van der Waals surface area contributed by atoms with Crippen molar-refractivity contribution in [3.63, 3.8) is 0 Å². The molecule has 0 amide bonds. The van der Waals surface area contributed by atoms with Crippen molar-refractivity contribution in [1.82, 2.24) is 9.55 Å². The number of aldehydes is 1. The Balaban J connectivity index is 2.20. The normalized spacial score (nSPS) is 23.2. The van der Waals surface area contributed by atoms with E-state index in [0.29, 0.717) is 12.7 Å². The highest BCUT2D eigenvalue weighted by Crippen LogP contribution is 2.32. The smallest absolute Gasteiger partial charge is 0.328 e. The van der Waals surface area contributed by atoms with Gasteiger partial charge in [0.25, 0.3) is 0 Å². The fraction of sp³-hybridized carbons (Fsp3) is 0.500. The molecule has 0 aromatic carbocycles. The molecule has 0 saturated carbocycles. The first-order valence-electron chi connectivity index (χ1n) is 6.67. The number of aliphatic hydroxyl groups is 1. The molecule has 3 atom stereocenters. The van der Waals surface area contributed by atoms with Crippen molar-refractivity contribution in [2.24, 2.45) is 5.73 Å². The monoisotopic (exact) mass is 339 g/mol. The number of aromatic amines is 1. The van der Waals surface area contributed by atoms with Crippen molar-refractivity contribution in [2.75, 3.05) is 6.54 Å². The molecule has 0 aliphatic carbocycles. The maximum absolute atomic E-state index is 11.9. The van der Waals surface area contributed by atoms with E-state index in [-0.39, 0.29) is 16.6 Å². The van der Waals surface area contributed by atoms with Crippen LogP contribution in [0.5, 0.6) is 0 Å². The van der Waals surface area contributed by atoms with Crippen molar-refractivity contribution in [2.45, 2.75) is 30.9 Å². The van der Waals surface area contributed by atoms with Crippen LogP contribution < -0.4 is 11.4 Å². The molecular weight excluding hydrogens is 325 g/mol. The summed E-state index contributed by atoms with van der Waals surface area (Å²) in [5.41, 5.74) is 2.25. The fourth-order valence-electron chi connectivity index (χ4n) is 2.22. The van der Waals surface area contributed by atoms with Crippen LogP contribution in [0, 0.1) is 4.64 Å². The first-order valence-corrected chi connectivity index (χ1v) is 7.08. The van der Waals surface area contributed by atoms with Crippen LogP contribution in [0.2, 0.25) is 0 Å². The molecule has 3 unspecified atom stereocenters. The van der Waals surface area contributed by atoms with E-state index in [1.165, 1.54) is 6.20 Å². The molecule has 1 aromatic heterocycles. The number of carbonyl (C=O) groups excluding carboxylic acids is 2. The van der Waals surface area contributed by atoms with Crippen LogP contribution in [0.1, 0.15) is 29.4 Å². The van der Waals surface area contributed by atoms with Gasteiger partial charge in [-0.25, -0.2) is 4.79 Å². The number of nitrogens with two attached hydrogens (primary N) is 1. The Morgan fingerprint density at radius 2 is 2.39 bits per heavy atom. The number of nitrogens with one attached hydrogen (secondary N) is 1. The molecule has 4 N–H and O–H groups in total. The van der Waals surface area contributed by atoms with Crippen LogP contribution in [-0.2, 0) is 14.3 Å². The van der Waals surface area contributed by atoms with Crippen molar-refractivity contribution in [1.29, 1.82) is 0 Å². The number of rotatable bonds is 5. The molecule has 1 aliphatic heterocycles. The molecule has 1 aromatic rings. The maximum atomic E-state index is 11.9. The minimum atomic E-state index is -2.37. The van der Waals surface area contributed by atoms with Crippen LogP contribution in [0.25, 0.3) is 0 Å². The van der Waals surface area contributed by atoms with Gasteiger partial charge in [0.05, 0.1) is 12.1 Å². The van der Waals surface area contributed by atoms with E-state index < -0.39 is 36.2 Å². The second kappa shape index (κ2) is 6.75. The Bertz CT molecular complexity index is 730. The van der Waals surface area contributed by atoms with Gasteiger partial charge in [0.1, 0.15) is 17.0 Å². The lowest BCUT2D eigenvalue weighted by Gasteiger charge is -2.30. The zero-order chi connectivity index (χ0) is 17.2. The molecular formula is C12H14BN3O6S. The Labute approximate surface area is 136 Å². The Morgan fingerprint density at radius 3 is 3.00 bits per heavy atom. The van der Waals surface area contributed by atoms with Gasteiger partial charge in [0.2, 0.25) is 0 Å². The van der Waals surface area contributed by atoms with Gasteiger partial charge in [-0.05, 0) is 12.8 Å². The molecule has 122 valence electrons. The van der Waals surface area contributed by atoms with Gasteiger partial charge >= 0.3 is 11.7 Å². The first-order chi connectivity index (χ1) is 10.8. The number of carbonyl (C=O) groups is 2. The fourth-order valence-corrected chi connectivity index (χ4v) is 2.41. The molecule has 2 heterocycles. The van der Waals surface area contributed by atoms with E-state index in [1.807, 2.05) is 0 Å². The lowest BCUT2D eigenvalue weighted by molar-refractivity contribution is -0.214. The number of ether oxygens (including phenoxy) is 2. The van der Waals surface area contributed by atoms with E-state index in [0.717, 1.165) is 4.57 Å². The zero-order valence-electron chi connectivity index (χ0n) is 11.9. The van der Waals surface area contributed by atoms with Gasteiger partial charge < -0.3 is 20.3 Å². The topological polar surface area (TPSA) is 137 Å². The van der Waals surface area contributed by atoms with E-state index >= 15 is 0 Å². The largest absolute Gasteiger partial charge is 0.440 e. The third kappa shape index (κ3) is 3.75. The summed E-state index contributed by atoms with van der Waals surface area (Å²) in [6.07, 6.45) is 0.412. The van der Waals surface area contributed by atoms with Crippen LogP contribution in [0.4, 0.5) is 0 Å². The van der Waals surface area contributed by atoms with Crippen molar-refractivity contribution >= 4 is 32.3 Å². The van der Waals surface area contributed by atoms with Crippen molar-refractivity contribution in [3.8, 4) is 0 Å². The summed E-state index contributed by atoms with van der Waals surface area (Å²) in [7, 11) is 5.52. The molecule has 2 radical (unpaired) electrons. The van der Waals surface area contributed by atoms with Crippen LogP contribution in [0.15, 0.2) is 11.0 Å². The summed E-state index contributed by atoms with van der Waals surface area (Å²) in [6, 6.07) is 0. The minimum absolute atomic E-state index is 0.0167. The van der Waals surface area contributed by atoms with Crippen LogP contribution in [-0.4, -0.2) is 53.1 Å². The standard InChI is InChI=1S/C12H14BN3O6S/c13-12(20,22-9(18)3-14)7-1-2-8(21-7)16-4-6(5-17)10(23)15-11(16)19/h4-5,7-8,20H,1-3,14H2,(H,15,19,23). The molecule has 11 heteroatoms. The summed E-state index contributed by atoms with van der Waals surface area (Å²) >= 11 is 4.85. The summed E-state index contributed by atoms with van der Waals surface area (Å²) in [5, 5.41) is 9.98.